The topological polar surface area (TPSA) is 116 Å². The molecule has 43 heavy (non-hydrogen) atoms. The van der Waals surface area contributed by atoms with Gasteiger partial charge in [0.1, 0.15) is 16.8 Å². The van der Waals surface area contributed by atoms with Crippen molar-refractivity contribution in [2.45, 2.75) is 57.3 Å². The molecule has 0 bridgehead atoms. The lowest BCUT2D eigenvalue weighted by Gasteiger charge is -2.46. The predicted octanol–water partition coefficient (Wildman–Crippen LogP) is 5.99. The molecule has 0 aliphatic carbocycles. The van der Waals surface area contributed by atoms with E-state index in [2.05, 4.69) is 0 Å². The van der Waals surface area contributed by atoms with Gasteiger partial charge in [0.15, 0.2) is 13.2 Å². The SMILES string of the molecule is CC(C)(C)OC(=O)COc1ccccc1C(C(=O)OCC(F)(F)S(=O)(=O)O)(c1ccccc1)C(C)(C)Cc1ccccc1. The number of carbonyl (C=O) groups is 2. The van der Waals surface area contributed by atoms with Gasteiger partial charge >= 0.3 is 27.3 Å². The van der Waals surface area contributed by atoms with E-state index in [4.69, 9.17) is 18.8 Å². The van der Waals surface area contributed by atoms with E-state index in [1.165, 1.54) is 6.07 Å². The van der Waals surface area contributed by atoms with E-state index < -0.39 is 57.0 Å². The van der Waals surface area contributed by atoms with Crippen LogP contribution in [0, 0.1) is 5.41 Å². The summed E-state index contributed by atoms with van der Waals surface area (Å²) in [5.41, 5.74) is -2.51. The summed E-state index contributed by atoms with van der Waals surface area (Å²) >= 11 is 0. The first-order valence-electron chi connectivity index (χ1n) is 13.5. The summed E-state index contributed by atoms with van der Waals surface area (Å²) in [5, 5.41) is -4.76. The van der Waals surface area contributed by atoms with Gasteiger partial charge in [-0.2, -0.15) is 17.2 Å². The molecular weight excluding hydrogens is 582 g/mol. The molecule has 0 saturated heterocycles. The van der Waals surface area contributed by atoms with Crippen LogP contribution in [-0.2, 0) is 41.0 Å². The Morgan fingerprint density at radius 2 is 1.35 bits per heavy atom. The van der Waals surface area contributed by atoms with Gasteiger partial charge < -0.3 is 14.2 Å². The third-order valence-electron chi connectivity index (χ3n) is 6.82. The second-order valence-electron chi connectivity index (χ2n) is 11.7. The highest BCUT2D eigenvalue weighted by Crippen LogP contribution is 2.52. The van der Waals surface area contributed by atoms with Gasteiger partial charge in [0.2, 0.25) is 0 Å². The van der Waals surface area contributed by atoms with Gasteiger partial charge in [-0.15, -0.1) is 0 Å². The lowest BCUT2D eigenvalue weighted by atomic mass is 9.56. The number of benzene rings is 3. The molecule has 3 rings (SSSR count). The molecule has 1 atom stereocenters. The number of rotatable bonds is 12. The normalized spacial score (nSPS) is 14.0. The van der Waals surface area contributed by atoms with Crippen LogP contribution in [0.2, 0.25) is 0 Å². The van der Waals surface area contributed by atoms with Crippen LogP contribution in [-0.4, -0.2) is 49.0 Å². The number of esters is 2. The molecule has 1 N–H and O–H groups in total. The van der Waals surface area contributed by atoms with Crippen molar-refractivity contribution in [3.63, 3.8) is 0 Å². The molecule has 1 unspecified atom stereocenters. The van der Waals surface area contributed by atoms with Crippen molar-refractivity contribution in [3.05, 3.63) is 102 Å². The summed E-state index contributed by atoms with van der Waals surface area (Å²) in [5.74, 6) is -1.81. The zero-order valence-corrected chi connectivity index (χ0v) is 25.5. The fourth-order valence-electron chi connectivity index (χ4n) is 5.08. The third-order valence-corrected chi connectivity index (χ3v) is 7.69. The van der Waals surface area contributed by atoms with E-state index in [9.17, 15) is 26.8 Å². The maximum absolute atomic E-state index is 14.4. The number of ether oxygens (including phenoxy) is 3. The average molecular weight is 619 g/mol. The smallest absolute Gasteiger partial charge is 0.402 e. The molecule has 0 fully saturated rings. The van der Waals surface area contributed by atoms with Gasteiger partial charge in [-0.3, -0.25) is 9.35 Å². The van der Waals surface area contributed by atoms with Crippen LogP contribution in [0.15, 0.2) is 84.9 Å². The first kappa shape index (κ1) is 33.7. The second kappa shape index (κ2) is 12.8. The summed E-state index contributed by atoms with van der Waals surface area (Å²) in [4.78, 5) is 26.9. The molecule has 3 aromatic rings. The van der Waals surface area contributed by atoms with Crippen LogP contribution in [0.4, 0.5) is 8.78 Å². The minimum absolute atomic E-state index is 0.0804. The molecule has 0 aliphatic rings. The molecule has 0 saturated carbocycles. The highest BCUT2D eigenvalue weighted by molar-refractivity contribution is 7.86. The van der Waals surface area contributed by atoms with Gasteiger partial charge in [0, 0.05) is 5.56 Å². The number of para-hydroxylation sites is 1. The number of carbonyl (C=O) groups excluding carboxylic acids is 2. The van der Waals surface area contributed by atoms with Gasteiger partial charge in [-0.05, 0) is 49.8 Å². The van der Waals surface area contributed by atoms with Crippen molar-refractivity contribution >= 4 is 22.1 Å². The van der Waals surface area contributed by atoms with Crippen molar-refractivity contribution in [1.82, 2.24) is 0 Å². The summed E-state index contributed by atoms with van der Waals surface area (Å²) in [6.45, 7) is 6.15. The predicted molar refractivity (Wildman–Crippen MR) is 156 cm³/mol. The van der Waals surface area contributed by atoms with E-state index in [1.807, 2.05) is 30.3 Å². The second-order valence-corrected chi connectivity index (χ2v) is 13.3. The molecule has 0 aliphatic heterocycles. The summed E-state index contributed by atoms with van der Waals surface area (Å²) in [6, 6.07) is 23.8. The highest BCUT2D eigenvalue weighted by Gasteiger charge is 2.57. The molecule has 0 spiro atoms. The van der Waals surface area contributed by atoms with E-state index in [-0.39, 0.29) is 17.7 Å². The minimum Gasteiger partial charge on any atom is -0.482 e. The Morgan fingerprint density at radius 1 is 0.814 bits per heavy atom. The number of alkyl halides is 2. The van der Waals surface area contributed by atoms with E-state index >= 15 is 0 Å². The molecule has 0 radical (unpaired) electrons. The summed E-state index contributed by atoms with van der Waals surface area (Å²) in [7, 11) is -5.88. The Kier molecular flexibility index (Phi) is 10.0. The highest BCUT2D eigenvalue weighted by atomic mass is 32.2. The van der Waals surface area contributed by atoms with E-state index in [0.717, 1.165) is 5.56 Å². The zero-order valence-electron chi connectivity index (χ0n) is 24.7. The molecule has 0 aromatic heterocycles. The van der Waals surface area contributed by atoms with Crippen molar-refractivity contribution in [2.75, 3.05) is 13.2 Å². The van der Waals surface area contributed by atoms with Crippen molar-refractivity contribution in [1.29, 1.82) is 0 Å². The maximum Gasteiger partial charge on any atom is 0.402 e. The first-order valence-corrected chi connectivity index (χ1v) is 14.9. The lowest BCUT2D eigenvalue weighted by Crippen LogP contribution is -2.53. The van der Waals surface area contributed by atoms with Crippen LogP contribution in [0.1, 0.15) is 51.3 Å². The van der Waals surface area contributed by atoms with E-state index in [0.29, 0.717) is 5.56 Å². The van der Waals surface area contributed by atoms with E-state index in [1.54, 1.807) is 83.1 Å². The third kappa shape index (κ3) is 7.77. The molecule has 232 valence electrons. The Bertz CT molecular complexity index is 1520. The molecule has 0 amide bonds. The van der Waals surface area contributed by atoms with Crippen LogP contribution in [0.25, 0.3) is 0 Å². The van der Waals surface area contributed by atoms with Crippen molar-refractivity contribution in [2.24, 2.45) is 5.41 Å². The van der Waals surface area contributed by atoms with Gasteiger partial charge in [-0.1, -0.05) is 92.7 Å². The molecule has 3 aromatic carbocycles. The number of hydrogen-bond acceptors (Lipinski definition) is 7. The fourth-order valence-corrected chi connectivity index (χ4v) is 5.29. The maximum atomic E-state index is 14.4. The Hall–Kier alpha value is -3.83. The standard InChI is InChI=1S/C32H36F2O8S/c1-29(2,3)42-27(35)21-40-26-19-13-12-18-25(26)32(24-16-10-7-11-17-24,28(36)41-22-31(33,34)43(37,38)39)30(4,5)20-23-14-8-6-9-15-23/h6-19H,20-22H2,1-5H3,(H,37,38,39). The van der Waals surface area contributed by atoms with Gasteiger partial charge in [0.05, 0.1) is 0 Å². The van der Waals surface area contributed by atoms with Gasteiger partial charge in [0.25, 0.3) is 0 Å². The fraction of sp³-hybridized carbons (Fsp3) is 0.375. The monoisotopic (exact) mass is 618 g/mol. The molecule has 8 nitrogen and oxygen atoms in total. The first-order chi connectivity index (χ1) is 19.9. The Balaban J connectivity index is 2.26. The van der Waals surface area contributed by atoms with Crippen LogP contribution in [0.5, 0.6) is 5.75 Å². The summed E-state index contributed by atoms with van der Waals surface area (Å²) < 4.78 is 76.8. The quantitative estimate of drug-likeness (QED) is 0.195. The molecule has 11 heteroatoms. The average Bonchev–Trinajstić information content (AvgIpc) is 2.91. The Morgan fingerprint density at radius 3 is 1.91 bits per heavy atom. The van der Waals surface area contributed by atoms with Gasteiger partial charge in [-0.25, -0.2) is 4.79 Å². The van der Waals surface area contributed by atoms with Crippen molar-refractivity contribution < 1.29 is 45.6 Å². The molecular formula is C32H36F2O8S. The molecule has 0 heterocycles. The number of halogens is 2. The summed E-state index contributed by atoms with van der Waals surface area (Å²) in [6.07, 6.45) is 0.229. The lowest BCUT2D eigenvalue weighted by molar-refractivity contribution is -0.159. The van der Waals surface area contributed by atoms with Crippen LogP contribution in [0.3, 0.4) is 0 Å². The van der Waals surface area contributed by atoms with Crippen LogP contribution >= 0.6 is 0 Å². The zero-order chi connectivity index (χ0) is 32.1. The largest absolute Gasteiger partial charge is 0.482 e. The Labute approximate surface area is 250 Å². The number of hydrogen-bond donors (Lipinski definition) is 1. The van der Waals surface area contributed by atoms with Crippen molar-refractivity contribution in [3.8, 4) is 5.75 Å². The van der Waals surface area contributed by atoms with Crippen LogP contribution < -0.4 is 4.74 Å². The minimum atomic E-state index is -5.88.